The first-order chi connectivity index (χ1) is 12.1. The molecular weight excluding hydrogens is 349 g/mol. The molecular formula is C18H17F3N2O3. The van der Waals surface area contributed by atoms with E-state index in [9.17, 15) is 27.9 Å². The van der Waals surface area contributed by atoms with Gasteiger partial charge in [0, 0.05) is 0 Å². The molecule has 2 unspecified atom stereocenters. The molecule has 0 saturated carbocycles. The summed E-state index contributed by atoms with van der Waals surface area (Å²) >= 11 is 0. The number of carboxylic acids is 1. The maximum atomic E-state index is 12.7. The number of halogens is 3. The predicted molar refractivity (Wildman–Crippen MR) is 87.4 cm³/mol. The van der Waals surface area contributed by atoms with Crippen LogP contribution < -0.4 is 5.32 Å². The fourth-order valence-corrected chi connectivity index (χ4v) is 2.48. The monoisotopic (exact) mass is 366 g/mol. The Labute approximate surface area is 147 Å². The van der Waals surface area contributed by atoms with Gasteiger partial charge in [0.2, 0.25) is 0 Å². The van der Waals surface area contributed by atoms with Crippen LogP contribution in [-0.4, -0.2) is 22.0 Å². The Kier molecular flexibility index (Phi) is 5.64. The Balaban J connectivity index is 2.31. The highest BCUT2D eigenvalue weighted by Crippen LogP contribution is 2.28. The van der Waals surface area contributed by atoms with E-state index in [1.165, 1.54) is 13.8 Å². The molecule has 138 valence electrons. The molecule has 2 aromatic rings. The molecule has 1 amide bonds. The van der Waals surface area contributed by atoms with Gasteiger partial charge in [0.25, 0.3) is 5.91 Å². The molecule has 0 aliphatic rings. The van der Waals surface area contributed by atoms with E-state index in [0.717, 1.165) is 12.1 Å². The number of aromatic nitrogens is 1. The minimum Gasteiger partial charge on any atom is -0.481 e. The van der Waals surface area contributed by atoms with Gasteiger partial charge >= 0.3 is 12.1 Å². The number of pyridine rings is 1. The molecule has 0 aliphatic carbocycles. The van der Waals surface area contributed by atoms with Crippen molar-refractivity contribution in [1.82, 2.24) is 10.3 Å². The summed E-state index contributed by atoms with van der Waals surface area (Å²) in [4.78, 5) is 27.3. The van der Waals surface area contributed by atoms with Gasteiger partial charge in [-0.05, 0) is 31.5 Å². The number of rotatable bonds is 5. The van der Waals surface area contributed by atoms with Crippen molar-refractivity contribution in [2.45, 2.75) is 26.1 Å². The summed E-state index contributed by atoms with van der Waals surface area (Å²) in [5, 5.41) is 11.9. The molecule has 1 aromatic carbocycles. The zero-order valence-electron chi connectivity index (χ0n) is 14.0. The first-order valence-corrected chi connectivity index (χ1v) is 7.74. The van der Waals surface area contributed by atoms with Gasteiger partial charge in [-0.15, -0.1) is 0 Å². The maximum Gasteiger partial charge on any atom is 0.433 e. The van der Waals surface area contributed by atoms with Crippen LogP contribution in [0.5, 0.6) is 0 Å². The number of amides is 1. The molecule has 1 aromatic heterocycles. The number of carbonyl (C=O) groups is 2. The summed E-state index contributed by atoms with van der Waals surface area (Å²) in [6, 6.07) is 9.40. The Morgan fingerprint density at radius 2 is 1.73 bits per heavy atom. The van der Waals surface area contributed by atoms with Crippen molar-refractivity contribution in [1.29, 1.82) is 0 Å². The van der Waals surface area contributed by atoms with E-state index < -0.39 is 35.7 Å². The van der Waals surface area contributed by atoms with Gasteiger partial charge < -0.3 is 10.4 Å². The molecule has 0 saturated heterocycles. The van der Waals surface area contributed by atoms with E-state index in [-0.39, 0.29) is 11.3 Å². The SMILES string of the molecule is Cc1nc(C(F)(F)F)ccc1C(=O)NC(c1ccccc1)C(C)C(=O)O. The van der Waals surface area contributed by atoms with Crippen LogP contribution in [0.1, 0.15) is 40.3 Å². The Bertz CT molecular complexity index is 807. The van der Waals surface area contributed by atoms with Crippen molar-refractivity contribution in [3.05, 3.63) is 65.0 Å². The minimum absolute atomic E-state index is 0.0449. The van der Waals surface area contributed by atoms with Crippen molar-refractivity contribution in [2.75, 3.05) is 0 Å². The third-order valence-electron chi connectivity index (χ3n) is 3.96. The standard InChI is InChI=1S/C18H17F3N2O3/c1-10(17(25)26)15(12-6-4-3-5-7-12)23-16(24)13-8-9-14(18(19,20)21)22-11(13)2/h3-10,15H,1-2H3,(H,23,24)(H,25,26). The van der Waals surface area contributed by atoms with Crippen LogP contribution in [-0.2, 0) is 11.0 Å². The molecule has 0 bridgehead atoms. The zero-order valence-corrected chi connectivity index (χ0v) is 14.0. The van der Waals surface area contributed by atoms with E-state index in [1.807, 2.05) is 0 Å². The summed E-state index contributed by atoms with van der Waals surface area (Å²) in [7, 11) is 0. The lowest BCUT2D eigenvalue weighted by molar-refractivity contribution is -0.142. The van der Waals surface area contributed by atoms with Crippen LogP contribution in [0.4, 0.5) is 13.2 Å². The molecule has 2 N–H and O–H groups in total. The highest BCUT2D eigenvalue weighted by molar-refractivity contribution is 5.95. The van der Waals surface area contributed by atoms with E-state index in [2.05, 4.69) is 10.3 Å². The first kappa shape index (κ1) is 19.4. The zero-order chi connectivity index (χ0) is 19.5. The third-order valence-corrected chi connectivity index (χ3v) is 3.96. The van der Waals surface area contributed by atoms with Gasteiger partial charge in [0.05, 0.1) is 23.2 Å². The number of aryl methyl sites for hydroxylation is 1. The normalized spacial score (nSPS) is 13.7. The van der Waals surface area contributed by atoms with Gasteiger partial charge in [0.15, 0.2) is 0 Å². The van der Waals surface area contributed by atoms with Gasteiger partial charge in [-0.25, -0.2) is 4.98 Å². The fourth-order valence-electron chi connectivity index (χ4n) is 2.48. The van der Waals surface area contributed by atoms with E-state index in [0.29, 0.717) is 5.56 Å². The van der Waals surface area contributed by atoms with Crippen LogP contribution >= 0.6 is 0 Å². The molecule has 2 atom stereocenters. The minimum atomic E-state index is -4.61. The number of alkyl halides is 3. The highest BCUT2D eigenvalue weighted by Gasteiger charge is 2.33. The summed E-state index contributed by atoms with van der Waals surface area (Å²) in [5.74, 6) is -2.74. The third kappa shape index (κ3) is 4.38. The summed E-state index contributed by atoms with van der Waals surface area (Å²) in [6.07, 6.45) is -4.61. The average Bonchev–Trinajstić information content (AvgIpc) is 2.58. The van der Waals surface area contributed by atoms with E-state index in [4.69, 9.17) is 0 Å². The van der Waals surface area contributed by atoms with Crippen molar-refractivity contribution in [3.8, 4) is 0 Å². The lowest BCUT2D eigenvalue weighted by Gasteiger charge is -2.23. The lowest BCUT2D eigenvalue weighted by Crippen LogP contribution is -2.36. The molecule has 0 fully saturated rings. The Hall–Kier alpha value is -2.90. The lowest BCUT2D eigenvalue weighted by atomic mass is 9.94. The van der Waals surface area contributed by atoms with Crippen molar-refractivity contribution >= 4 is 11.9 Å². The van der Waals surface area contributed by atoms with Gasteiger partial charge in [0.1, 0.15) is 5.69 Å². The van der Waals surface area contributed by atoms with E-state index in [1.54, 1.807) is 30.3 Å². The molecule has 2 rings (SSSR count). The number of carbonyl (C=O) groups excluding carboxylic acids is 1. The van der Waals surface area contributed by atoms with Gasteiger partial charge in [-0.2, -0.15) is 13.2 Å². The van der Waals surface area contributed by atoms with Crippen LogP contribution in [0.3, 0.4) is 0 Å². The van der Waals surface area contributed by atoms with Crippen LogP contribution in [0.15, 0.2) is 42.5 Å². The first-order valence-electron chi connectivity index (χ1n) is 7.74. The average molecular weight is 366 g/mol. The summed E-state index contributed by atoms with van der Waals surface area (Å²) in [6.45, 7) is 2.74. The number of nitrogens with one attached hydrogen (secondary N) is 1. The molecule has 8 heteroatoms. The fraction of sp³-hybridized carbons (Fsp3) is 0.278. The molecule has 0 aliphatic heterocycles. The largest absolute Gasteiger partial charge is 0.481 e. The molecule has 1 heterocycles. The maximum absolute atomic E-state index is 12.7. The van der Waals surface area contributed by atoms with Crippen LogP contribution in [0.25, 0.3) is 0 Å². The van der Waals surface area contributed by atoms with Crippen LogP contribution in [0, 0.1) is 12.8 Å². The number of aliphatic carboxylic acids is 1. The Morgan fingerprint density at radius 3 is 2.23 bits per heavy atom. The van der Waals surface area contributed by atoms with Crippen LogP contribution in [0.2, 0.25) is 0 Å². The number of hydrogen-bond donors (Lipinski definition) is 2. The molecule has 0 spiro atoms. The second kappa shape index (κ2) is 7.55. The second-order valence-corrected chi connectivity index (χ2v) is 5.82. The summed E-state index contributed by atoms with van der Waals surface area (Å²) in [5.41, 5.74) is -0.651. The predicted octanol–water partition coefficient (Wildman–Crippen LogP) is 3.60. The van der Waals surface area contributed by atoms with Crippen molar-refractivity contribution in [3.63, 3.8) is 0 Å². The van der Waals surface area contributed by atoms with E-state index >= 15 is 0 Å². The molecule has 26 heavy (non-hydrogen) atoms. The molecule has 0 radical (unpaired) electrons. The summed E-state index contributed by atoms with van der Waals surface area (Å²) < 4.78 is 38.1. The number of nitrogens with zero attached hydrogens (tertiary/aromatic N) is 1. The van der Waals surface area contributed by atoms with Gasteiger partial charge in [-0.1, -0.05) is 30.3 Å². The number of benzene rings is 1. The quantitative estimate of drug-likeness (QED) is 0.847. The smallest absolute Gasteiger partial charge is 0.433 e. The number of hydrogen-bond acceptors (Lipinski definition) is 3. The van der Waals surface area contributed by atoms with Crippen molar-refractivity contribution < 1.29 is 27.9 Å². The van der Waals surface area contributed by atoms with Crippen molar-refractivity contribution in [2.24, 2.45) is 5.92 Å². The topological polar surface area (TPSA) is 79.3 Å². The second-order valence-electron chi connectivity index (χ2n) is 5.82. The highest BCUT2D eigenvalue weighted by atomic mass is 19.4. The molecule has 5 nitrogen and oxygen atoms in total. The van der Waals surface area contributed by atoms with Gasteiger partial charge in [-0.3, -0.25) is 9.59 Å². The number of carboxylic acid groups (broad SMARTS) is 1. The Morgan fingerprint density at radius 1 is 1.12 bits per heavy atom.